The van der Waals surface area contributed by atoms with Gasteiger partial charge in [-0.1, -0.05) is 24.3 Å². The average Bonchev–Trinajstić information content (AvgIpc) is 3.23. The fourth-order valence-corrected chi connectivity index (χ4v) is 3.36. The fourth-order valence-electron chi connectivity index (χ4n) is 3.36. The van der Waals surface area contributed by atoms with Gasteiger partial charge in [0.05, 0.1) is 17.1 Å². The lowest BCUT2D eigenvalue weighted by atomic mass is 10.1. The fraction of sp³-hybridized carbons (Fsp3) is 0.286. The standard InChI is InChI=1S/C21H21N3O3/c1-24-18-7-3-2-6-17(18)23-19(21(24)26)14-8-10-15(11-9-14)20(25)22-13-16-5-4-12-27-16/h2-3,6-11,16H,4-5,12-13H2,1H3,(H,22,25)/t16-/m0/s1. The average molecular weight is 363 g/mol. The van der Waals surface area contributed by atoms with Crippen LogP contribution in [-0.4, -0.2) is 34.7 Å². The minimum Gasteiger partial charge on any atom is -0.376 e. The number of nitrogens with one attached hydrogen (secondary N) is 1. The molecule has 1 N–H and O–H groups in total. The van der Waals surface area contributed by atoms with E-state index in [4.69, 9.17) is 4.74 Å². The Morgan fingerprint density at radius 3 is 2.74 bits per heavy atom. The number of benzene rings is 2. The summed E-state index contributed by atoms with van der Waals surface area (Å²) in [4.78, 5) is 29.5. The molecule has 0 radical (unpaired) electrons. The van der Waals surface area contributed by atoms with Crippen LogP contribution >= 0.6 is 0 Å². The SMILES string of the molecule is Cn1c(=O)c(-c2ccc(C(=O)NC[C@@H]3CCCO3)cc2)nc2ccccc21. The van der Waals surface area contributed by atoms with Gasteiger partial charge in [0.2, 0.25) is 0 Å². The molecular formula is C21H21N3O3. The van der Waals surface area contributed by atoms with E-state index in [2.05, 4.69) is 10.3 Å². The highest BCUT2D eigenvalue weighted by Crippen LogP contribution is 2.18. The first-order valence-corrected chi connectivity index (χ1v) is 9.09. The van der Waals surface area contributed by atoms with Gasteiger partial charge in [-0.15, -0.1) is 0 Å². The van der Waals surface area contributed by atoms with Crippen molar-refractivity contribution >= 4 is 16.9 Å². The van der Waals surface area contributed by atoms with E-state index in [9.17, 15) is 9.59 Å². The summed E-state index contributed by atoms with van der Waals surface area (Å²) in [5, 5.41) is 2.90. The summed E-state index contributed by atoms with van der Waals surface area (Å²) < 4.78 is 7.11. The Balaban J connectivity index is 1.57. The number of aromatic nitrogens is 2. The predicted octanol–water partition coefficient (Wildman–Crippen LogP) is 2.51. The summed E-state index contributed by atoms with van der Waals surface area (Å²) in [6.45, 7) is 1.29. The highest BCUT2D eigenvalue weighted by Gasteiger charge is 2.17. The van der Waals surface area contributed by atoms with Crippen LogP contribution in [0.5, 0.6) is 0 Å². The second-order valence-corrected chi connectivity index (χ2v) is 6.74. The van der Waals surface area contributed by atoms with Gasteiger partial charge in [0, 0.05) is 31.3 Å². The van der Waals surface area contributed by atoms with Gasteiger partial charge in [0.25, 0.3) is 11.5 Å². The highest BCUT2D eigenvalue weighted by molar-refractivity contribution is 5.94. The summed E-state index contributed by atoms with van der Waals surface area (Å²) in [5.74, 6) is -0.142. The molecule has 2 heterocycles. The summed E-state index contributed by atoms with van der Waals surface area (Å²) in [6, 6.07) is 14.5. The topological polar surface area (TPSA) is 73.2 Å². The Morgan fingerprint density at radius 1 is 1.22 bits per heavy atom. The van der Waals surface area contributed by atoms with Crippen LogP contribution in [0.2, 0.25) is 0 Å². The van der Waals surface area contributed by atoms with Crippen molar-refractivity contribution in [3.63, 3.8) is 0 Å². The first kappa shape index (κ1) is 17.4. The molecule has 2 aromatic carbocycles. The molecule has 1 aliphatic rings. The zero-order valence-electron chi connectivity index (χ0n) is 15.1. The molecule has 6 heteroatoms. The number of aryl methyl sites for hydroxylation is 1. The molecule has 3 aromatic rings. The van der Waals surface area contributed by atoms with E-state index >= 15 is 0 Å². The first-order chi connectivity index (χ1) is 13.1. The number of carbonyl (C=O) groups excluding carboxylic acids is 1. The molecular weight excluding hydrogens is 342 g/mol. The van der Waals surface area contributed by atoms with E-state index in [0.29, 0.717) is 23.4 Å². The van der Waals surface area contributed by atoms with E-state index in [0.717, 1.165) is 30.5 Å². The number of rotatable bonds is 4. The Bertz CT molecular complexity index is 1030. The lowest BCUT2D eigenvalue weighted by Crippen LogP contribution is -2.31. The zero-order valence-corrected chi connectivity index (χ0v) is 15.1. The van der Waals surface area contributed by atoms with E-state index in [1.165, 1.54) is 0 Å². The van der Waals surface area contributed by atoms with Crippen LogP contribution in [-0.2, 0) is 11.8 Å². The monoisotopic (exact) mass is 363 g/mol. The number of ether oxygens (including phenoxy) is 1. The van der Waals surface area contributed by atoms with E-state index in [1.807, 2.05) is 24.3 Å². The van der Waals surface area contributed by atoms with Crippen molar-refractivity contribution in [2.75, 3.05) is 13.2 Å². The molecule has 0 saturated carbocycles. The lowest BCUT2D eigenvalue weighted by Gasteiger charge is -2.11. The van der Waals surface area contributed by atoms with Crippen LogP contribution in [0, 0.1) is 0 Å². The Hall–Kier alpha value is -2.99. The van der Waals surface area contributed by atoms with Gasteiger partial charge in [-0.25, -0.2) is 4.98 Å². The second kappa shape index (κ2) is 7.32. The van der Waals surface area contributed by atoms with Gasteiger partial charge in [-0.3, -0.25) is 9.59 Å². The van der Waals surface area contributed by atoms with E-state index < -0.39 is 0 Å². The van der Waals surface area contributed by atoms with Crippen LogP contribution < -0.4 is 10.9 Å². The van der Waals surface area contributed by atoms with Gasteiger partial charge in [0.15, 0.2) is 0 Å². The van der Waals surface area contributed by atoms with Crippen LogP contribution in [0.4, 0.5) is 0 Å². The lowest BCUT2D eigenvalue weighted by molar-refractivity contribution is 0.0858. The van der Waals surface area contributed by atoms with Crippen molar-refractivity contribution in [2.24, 2.45) is 7.05 Å². The van der Waals surface area contributed by atoms with Crippen molar-refractivity contribution < 1.29 is 9.53 Å². The molecule has 0 spiro atoms. The van der Waals surface area contributed by atoms with Crippen molar-refractivity contribution in [3.05, 3.63) is 64.4 Å². The Labute approximate surface area is 156 Å². The van der Waals surface area contributed by atoms with Crippen molar-refractivity contribution in [3.8, 4) is 11.3 Å². The molecule has 4 rings (SSSR count). The quantitative estimate of drug-likeness (QED) is 0.773. The van der Waals surface area contributed by atoms with Gasteiger partial charge in [0.1, 0.15) is 5.69 Å². The molecule has 0 unspecified atom stereocenters. The van der Waals surface area contributed by atoms with Crippen LogP contribution in [0.1, 0.15) is 23.2 Å². The minimum absolute atomic E-state index is 0.109. The summed E-state index contributed by atoms with van der Waals surface area (Å²) in [6.07, 6.45) is 2.14. The minimum atomic E-state index is -0.163. The number of para-hydroxylation sites is 2. The highest BCUT2D eigenvalue weighted by atomic mass is 16.5. The molecule has 1 amide bonds. The molecule has 138 valence electrons. The molecule has 0 bridgehead atoms. The smallest absolute Gasteiger partial charge is 0.277 e. The molecule has 1 aromatic heterocycles. The second-order valence-electron chi connectivity index (χ2n) is 6.74. The van der Waals surface area contributed by atoms with Crippen LogP contribution in [0.25, 0.3) is 22.3 Å². The van der Waals surface area contributed by atoms with Gasteiger partial charge < -0.3 is 14.6 Å². The number of amides is 1. The number of carbonyl (C=O) groups is 1. The van der Waals surface area contributed by atoms with Crippen molar-refractivity contribution in [1.82, 2.24) is 14.9 Å². The Morgan fingerprint density at radius 2 is 2.00 bits per heavy atom. The van der Waals surface area contributed by atoms with Gasteiger partial charge >= 0.3 is 0 Å². The van der Waals surface area contributed by atoms with Crippen molar-refractivity contribution in [2.45, 2.75) is 18.9 Å². The number of nitrogens with zero attached hydrogens (tertiary/aromatic N) is 2. The molecule has 6 nitrogen and oxygen atoms in total. The van der Waals surface area contributed by atoms with Crippen LogP contribution in [0.3, 0.4) is 0 Å². The number of fused-ring (bicyclic) bond motifs is 1. The van der Waals surface area contributed by atoms with Crippen molar-refractivity contribution in [1.29, 1.82) is 0 Å². The molecule has 1 aliphatic heterocycles. The van der Waals surface area contributed by atoms with E-state index in [-0.39, 0.29) is 17.6 Å². The number of hydrogen-bond donors (Lipinski definition) is 1. The largest absolute Gasteiger partial charge is 0.376 e. The maximum Gasteiger partial charge on any atom is 0.277 e. The maximum atomic E-state index is 12.7. The maximum absolute atomic E-state index is 12.7. The molecule has 0 aliphatic carbocycles. The molecule has 1 fully saturated rings. The molecule has 27 heavy (non-hydrogen) atoms. The van der Waals surface area contributed by atoms with Gasteiger partial charge in [-0.05, 0) is 37.1 Å². The summed E-state index contributed by atoms with van der Waals surface area (Å²) in [5.41, 5.74) is 3.00. The van der Waals surface area contributed by atoms with Crippen LogP contribution in [0.15, 0.2) is 53.3 Å². The van der Waals surface area contributed by atoms with Gasteiger partial charge in [-0.2, -0.15) is 0 Å². The summed E-state index contributed by atoms with van der Waals surface area (Å²) >= 11 is 0. The third-order valence-corrected chi connectivity index (χ3v) is 4.92. The number of hydrogen-bond acceptors (Lipinski definition) is 4. The zero-order chi connectivity index (χ0) is 18.8. The third kappa shape index (κ3) is 3.48. The predicted molar refractivity (Wildman–Crippen MR) is 104 cm³/mol. The molecule has 1 saturated heterocycles. The molecule has 1 atom stereocenters. The normalized spacial score (nSPS) is 16.6. The van der Waals surface area contributed by atoms with E-state index in [1.54, 1.807) is 35.9 Å². The third-order valence-electron chi connectivity index (χ3n) is 4.92. The first-order valence-electron chi connectivity index (χ1n) is 9.09. The Kier molecular flexibility index (Phi) is 4.73. The summed E-state index contributed by atoms with van der Waals surface area (Å²) in [7, 11) is 1.74.